The van der Waals surface area contributed by atoms with E-state index in [2.05, 4.69) is 4.99 Å². The molecule has 5 heteroatoms. The molecule has 0 saturated carbocycles. The molecule has 0 amide bonds. The molecule has 3 rings (SSSR count). The first-order valence-corrected chi connectivity index (χ1v) is 5.95. The summed E-state index contributed by atoms with van der Waals surface area (Å²) < 4.78 is 24.1. The lowest BCUT2D eigenvalue weighted by Gasteiger charge is -2.09. The van der Waals surface area contributed by atoms with Crippen molar-refractivity contribution in [3.05, 3.63) is 47.8 Å². The zero-order chi connectivity index (χ0) is 13.4. The molecule has 0 N–H and O–H groups in total. The van der Waals surface area contributed by atoms with E-state index in [0.29, 0.717) is 33.7 Å². The third-order valence-corrected chi connectivity index (χ3v) is 3.06. The summed E-state index contributed by atoms with van der Waals surface area (Å²) in [7, 11) is 1.56. The first kappa shape index (κ1) is 12.0. The lowest BCUT2D eigenvalue weighted by molar-refractivity contribution is 0.409. The standard InChI is InChI=1S/C14H9ClFNO2/c1-18-9-3-4-10-12(7-9)19-13-6-8(16)2-5-11(13)17-14(10)15/h2-7H,1H3. The van der Waals surface area contributed by atoms with Gasteiger partial charge in [0.2, 0.25) is 0 Å². The molecule has 0 saturated heterocycles. The number of hydrogen-bond donors (Lipinski definition) is 0. The molecule has 0 spiro atoms. The van der Waals surface area contributed by atoms with Gasteiger partial charge in [-0.05, 0) is 24.3 Å². The fourth-order valence-corrected chi connectivity index (χ4v) is 2.08. The molecule has 1 aliphatic heterocycles. The third-order valence-electron chi connectivity index (χ3n) is 2.77. The van der Waals surface area contributed by atoms with Crippen LogP contribution >= 0.6 is 11.6 Å². The molecule has 0 atom stereocenters. The maximum absolute atomic E-state index is 13.3. The fraction of sp³-hybridized carbons (Fsp3) is 0.0714. The first-order valence-electron chi connectivity index (χ1n) is 5.57. The van der Waals surface area contributed by atoms with Crippen molar-refractivity contribution in [1.29, 1.82) is 0 Å². The van der Waals surface area contributed by atoms with Gasteiger partial charge in [-0.25, -0.2) is 9.38 Å². The summed E-state index contributed by atoms with van der Waals surface area (Å²) in [5, 5.41) is 0.294. The Morgan fingerprint density at radius 1 is 1.16 bits per heavy atom. The number of methoxy groups -OCH3 is 1. The van der Waals surface area contributed by atoms with Crippen LogP contribution in [0.1, 0.15) is 5.56 Å². The molecule has 0 bridgehead atoms. The van der Waals surface area contributed by atoms with E-state index in [1.165, 1.54) is 18.2 Å². The van der Waals surface area contributed by atoms with Crippen LogP contribution in [0.4, 0.5) is 10.1 Å². The number of ether oxygens (including phenoxy) is 2. The Bertz CT molecular complexity index is 685. The summed E-state index contributed by atoms with van der Waals surface area (Å²) in [6.45, 7) is 0. The van der Waals surface area contributed by atoms with Gasteiger partial charge < -0.3 is 9.47 Å². The van der Waals surface area contributed by atoms with Crippen molar-refractivity contribution in [3.63, 3.8) is 0 Å². The maximum Gasteiger partial charge on any atom is 0.156 e. The minimum absolute atomic E-state index is 0.294. The minimum atomic E-state index is -0.392. The highest BCUT2D eigenvalue weighted by Crippen LogP contribution is 2.39. The summed E-state index contributed by atoms with van der Waals surface area (Å²) in [6, 6.07) is 9.31. The van der Waals surface area contributed by atoms with Crippen molar-refractivity contribution >= 4 is 22.5 Å². The van der Waals surface area contributed by atoms with Crippen LogP contribution < -0.4 is 9.47 Å². The maximum atomic E-state index is 13.3. The van der Waals surface area contributed by atoms with Crippen molar-refractivity contribution in [2.24, 2.45) is 4.99 Å². The topological polar surface area (TPSA) is 30.8 Å². The van der Waals surface area contributed by atoms with Crippen molar-refractivity contribution in [2.45, 2.75) is 0 Å². The minimum Gasteiger partial charge on any atom is -0.497 e. The van der Waals surface area contributed by atoms with Crippen LogP contribution in [0.3, 0.4) is 0 Å². The Balaban J connectivity index is 2.19. The van der Waals surface area contributed by atoms with E-state index in [1.807, 2.05) is 0 Å². The van der Waals surface area contributed by atoms with E-state index in [-0.39, 0.29) is 0 Å². The Hall–Kier alpha value is -2.07. The molecule has 2 aromatic rings. The summed E-state index contributed by atoms with van der Waals surface area (Å²) in [6.07, 6.45) is 0. The summed E-state index contributed by atoms with van der Waals surface area (Å²) >= 11 is 6.15. The molecule has 0 fully saturated rings. The highest BCUT2D eigenvalue weighted by Gasteiger charge is 2.18. The van der Waals surface area contributed by atoms with Crippen LogP contribution in [0, 0.1) is 5.82 Å². The second-order valence-electron chi connectivity index (χ2n) is 3.98. The zero-order valence-corrected chi connectivity index (χ0v) is 10.7. The number of hydrogen-bond acceptors (Lipinski definition) is 3. The van der Waals surface area contributed by atoms with Gasteiger partial charge in [0.1, 0.15) is 28.2 Å². The molecular formula is C14H9ClFNO2. The van der Waals surface area contributed by atoms with Crippen LogP contribution in [-0.4, -0.2) is 12.3 Å². The Morgan fingerprint density at radius 3 is 2.79 bits per heavy atom. The molecule has 0 unspecified atom stereocenters. The first-order chi connectivity index (χ1) is 9.17. The van der Waals surface area contributed by atoms with E-state index < -0.39 is 5.82 Å². The summed E-state index contributed by atoms with van der Waals surface area (Å²) in [4.78, 5) is 4.23. The largest absolute Gasteiger partial charge is 0.497 e. The molecule has 96 valence electrons. The Morgan fingerprint density at radius 2 is 2.00 bits per heavy atom. The fourth-order valence-electron chi connectivity index (χ4n) is 1.83. The van der Waals surface area contributed by atoms with E-state index in [4.69, 9.17) is 21.1 Å². The molecule has 0 radical (unpaired) electrons. The highest BCUT2D eigenvalue weighted by molar-refractivity contribution is 6.70. The quantitative estimate of drug-likeness (QED) is 0.780. The number of nitrogens with zero attached hydrogens (tertiary/aromatic N) is 1. The second kappa shape index (κ2) is 4.55. The predicted octanol–water partition coefficient (Wildman–Crippen LogP) is 4.26. The normalized spacial score (nSPS) is 12.7. The van der Waals surface area contributed by atoms with Gasteiger partial charge in [0.25, 0.3) is 0 Å². The zero-order valence-electron chi connectivity index (χ0n) is 9.98. The average molecular weight is 278 g/mol. The van der Waals surface area contributed by atoms with Crippen molar-refractivity contribution < 1.29 is 13.9 Å². The predicted molar refractivity (Wildman–Crippen MR) is 71.5 cm³/mol. The van der Waals surface area contributed by atoms with Crippen LogP contribution in [-0.2, 0) is 0 Å². The Kier molecular flexibility index (Phi) is 2.87. The van der Waals surface area contributed by atoms with Crippen LogP contribution in [0.5, 0.6) is 17.2 Å². The molecule has 3 nitrogen and oxygen atoms in total. The van der Waals surface area contributed by atoms with Crippen molar-refractivity contribution in [1.82, 2.24) is 0 Å². The number of halogens is 2. The molecule has 19 heavy (non-hydrogen) atoms. The molecule has 1 aliphatic rings. The highest BCUT2D eigenvalue weighted by atomic mass is 35.5. The van der Waals surface area contributed by atoms with Gasteiger partial charge in [0, 0.05) is 12.1 Å². The van der Waals surface area contributed by atoms with Gasteiger partial charge in [0.15, 0.2) is 5.75 Å². The Labute approximate surface area is 114 Å². The smallest absolute Gasteiger partial charge is 0.156 e. The molecule has 1 heterocycles. The number of benzene rings is 2. The van der Waals surface area contributed by atoms with Crippen molar-refractivity contribution in [2.75, 3.05) is 7.11 Å². The van der Waals surface area contributed by atoms with Crippen LogP contribution in [0.2, 0.25) is 0 Å². The molecule has 2 aromatic carbocycles. The number of fused-ring (bicyclic) bond motifs is 2. The monoisotopic (exact) mass is 277 g/mol. The molecule has 0 aromatic heterocycles. The van der Waals surface area contributed by atoms with Gasteiger partial charge in [-0.2, -0.15) is 0 Å². The lowest BCUT2D eigenvalue weighted by Crippen LogP contribution is -1.94. The second-order valence-corrected chi connectivity index (χ2v) is 4.34. The van der Waals surface area contributed by atoms with Crippen molar-refractivity contribution in [3.8, 4) is 17.2 Å². The van der Waals surface area contributed by atoms with E-state index in [9.17, 15) is 4.39 Å². The average Bonchev–Trinajstić information content (AvgIpc) is 2.54. The molecular weight excluding hydrogens is 269 g/mol. The molecule has 0 aliphatic carbocycles. The van der Waals surface area contributed by atoms with E-state index in [0.717, 1.165) is 0 Å². The van der Waals surface area contributed by atoms with Crippen LogP contribution in [0.25, 0.3) is 0 Å². The van der Waals surface area contributed by atoms with Gasteiger partial charge in [-0.1, -0.05) is 11.6 Å². The van der Waals surface area contributed by atoms with Gasteiger partial charge in [-0.15, -0.1) is 0 Å². The number of aliphatic imine (C=N–C) groups is 1. The summed E-state index contributed by atoms with van der Waals surface area (Å²) in [5.74, 6) is 1.04. The SMILES string of the molecule is COc1ccc2c(c1)Oc1cc(F)ccc1N=C2Cl. The van der Waals surface area contributed by atoms with E-state index >= 15 is 0 Å². The lowest BCUT2D eigenvalue weighted by atomic mass is 10.2. The number of rotatable bonds is 1. The van der Waals surface area contributed by atoms with Crippen LogP contribution in [0.15, 0.2) is 41.4 Å². The van der Waals surface area contributed by atoms with Gasteiger partial charge >= 0.3 is 0 Å². The van der Waals surface area contributed by atoms with Gasteiger partial charge in [0.05, 0.1) is 12.7 Å². The third kappa shape index (κ3) is 2.15. The van der Waals surface area contributed by atoms with E-state index in [1.54, 1.807) is 25.3 Å². The summed E-state index contributed by atoms with van der Waals surface area (Å²) in [5.41, 5.74) is 1.13. The van der Waals surface area contributed by atoms with Gasteiger partial charge in [-0.3, -0.25) is 0 Å².